The lowest BCUT2D eigenvalue weighted by atomic mass is 10.1. The summed E-state index contributed by atoms with van der Waals surface area (Å²) in [4.78, 5) is 37.6. The summed E-state index contributed by atoms with van der Waals surface area (Å²) in [5, 5.41) is 9.71. The van der Waals surface area contributed by atoms with E-state index in [0.29, 0.717) is 25.4 Å². The highest BCUT2D eigenvalue weighted by Gasteiger charge is 2.26. The second-order valence-corrected chi connectivity index (χ2v) is 7.95. The van der Waals surface area contributed by atoms with Crippen LogP contribution in [-0.4, -0.2) is 67.4 Å². The zero-order chi connectivity index (χ0) is 20.2. The number of nitrogens with zero attached hydrogens (tertiary/aromatic N) is 1. The summed E-state index contributed by atoms with van der Waals surface area (Å²) < 4.78 is 0. The van der Waals surface area contributed by atoms with Crippen molar-refractivity contribution in [1.82, 2.24) is 20.9 Å². The summed E-state index contributed by atoms with van der Waals surface area (Å²) in [6.45, 7) is 4.27. The van der Waals surface area contributed by atoms with E-state index >= 15 is 0 Å². The largest absolute Gasteiger partial charge is 0.370 e. The van der Waals surface area contributed by atoms with E-state index < -0.39 is 0 Å². The van der Waals surface area contributed by atoms with Gasteiger partial charge < -0.3 is 26.6 Å². The SMILES string of the molecule is NC(=O)CCC(NCCCCCC(=O)NC1CCNCC1)C(=O)N1CCCC1. The standard InChI is InChI=1S/C20H37N5O3/c21-18(26)8-7-17(20(28)25-14-4-5-15-25)23-11-3-1-2-6-19(27)24-16-9-12-22-13-10-16/h16-17,22-23H,1-15H2,(H2,21,26)(H,24,27). The smallest absolute Gasteiger partial charge is 0.239 e. The summed E-state index contributed by atoms with van der Waals surface area (Å²) in [6, 6.07) is -0.0214. The second kappa shape index (κ2) is 12.7. The molecule has 2 fully saturated rings. The molecule has 2 saturated heterocycles. The molecular formula is C20H37N5O3. The monoisotopic (exact) mass is 395 g/mol. The zero-order valence-corrected chi connectivity index (χ0v) is 17.0. The molecule has 160 valence electrons. The molecule has 8 nitrogen and oxygen atoms in total. The van der Waals surface area contributed by atoms with E-state index in [-0.39, 0.29) is 30.2 Å². The van der Waals surface area contributed by atoms with Crippen LogP contribution in [0, 0.1) is 0 Å². The molecule has 2 heterocycles. The van der Waals surface area contributed by atoms with Gasteiger partial charge in [0.15, 0.2) is 0 Å². The van der Waals surface area contributed by atoms with Crippen molar-refractivity contribution in [2.45, 2.75) is 76.3 Å². The van der Waals surface area contributed by atoms with Gasteiger partial charge in [-0.15, -0.1) is 0 Å². The van der Waals surface area contributed by atoms with Gasteiger partial charge in [-0.25, -0.2) is 0 Å². The Balaban J connectivity index is 1.59. The average molecular weight is 396 g/mol. The van der Waals surface area contributed by atoms with Crippen molar-refractivity contribution in [3.8, 4) is 0 Å². The summed E-state index contributed by atoms with van der Waals surface area (Å²) in [7, 11) is 0. The Hall–Kier alpha value is -1.67. The first-order valence-electron chi connectivity index (χ1n) is 10.9. The maximum Gasteiger partial charge on any atom is 0.239 e. The summed E-state index contributed by atoms with van der Waals surface area (Å²) in [5.74, 6) is -0.149. The van der Waals surface area contributed by atoms with Gasteiger partial charge in [0.2, 0.25) is 17.7 Å². The van der Waals surface area contributed by atoms with Crippen LogP contribution in [0.1, 0.15) is 64.2 Å². The lowest BCUT2D eigenvalue weighted by Gasteiger charge is -2.24. The fraction of sp³-hybridized carbons (Fsp3) is 0.850. The highest BCUT2D eigenvalue weighted by molar-refractivity contribution is 5.83. The number of likely N-dealkylation sites (tertiary alicyclic amines) is 1. The van der Waals surface area contributed by atoms with E-state index in [9.17, 15) is 14.4 Å². The van der Waals surface area contributed by atoms with Crippen molar-refractivity contribution in [1.29, 1.82) is 0 Å². The Labute approximate surface area is 168 Å². The summed E-state index contributed by atoms with van der Waals surface area (Å²) >= 11 is 0. The van der Waals surface area contributed by atoms with Crippen LogP contribution in [-0.2, 0) is 14.4 Å². The average Bonchev–Trinajstić information content (AvgIpc) is 3.21. The van der Waals surface area contributed by atoms with Crippen LogP contribution in [0.4, 0.5) is 0 Å². The first-order valence-corrected chi connectivity index (χ1v) is 10.9. The Morgan fingerprint density at radius 3 is 2.43 bits per heavy atom. The number of unbranched alkanes of at least 4 members (excludes halogenated alkanes) is 2. The van der Waals surface area contributed by atoms with Gasteiger partial charge in [0.1, 0.15) is 0 Å². The van der Waals surface area contributed by atoms with Crippen molar-refractivity contribution < 1.29 is 14.4 Å². The topological polar surface area (TPSA) is 117 Å². The molecule has 2 aliphatic rings. The normalized spacial score (nSPS) is 18.8. The number of hydrogen-bond acceptors (Lipinski definition) is 5. The molecule has 2 aliphatic heterocycles. The van der Waals surface area contributed by atoms with Crippen LogP contribution in [0.15, 0.2) is 0 Å². The van der Waals surface area contributed by atoms with Crippen LogP contribution >= 0.6 is 0 Å². The minimum atomic E-state index is -0.374. The van der Waals surface area contributed by atoms with Gasteiger partial charge in [0.25, 0.3) is 0 Å². The maximum absolute atomic E-state index is 12.6. The predicted octanol–water partition coefficient (Wildman–Crippen LogP) is 0.261. The molecule has 0 aromatic rings. The van der Waals surface area contributed by atoms with E-state index in [1.807, 2.05) is 4.90 Å². The Kier molecular flexibility index (Phi) is 10.3. The van der Waals surface area contributed by atoms with Crippen molar-refractivity contribution in [3.63, 3.8) is 0 Å². The maximum atomic E-state index is 12.6. The number of carbonyl (C=O) groups excluding carboxylic acids is 3. The summed E-state index contributed by atoms with van der Waals surface area (Å²) in [5.41, 5.74) is 5.25. The Morgan fingerprint density at radius 2 is 1.75 bits per heavy atom. The van der Waals surface area contributed by atoms with Gasteiger partial charge in [-0.2, -0.15) is 0 Å². The molecule has 0 aromatic carbocycles. The molecule has 1 unspecified atom stereocenters. The molecule has 0 bridgehead atoms. The van der Waals surface area contributed by atoms with Crippen LogP contribution in [0.3, 0.4) is 0 Å². The van der Waals surface area contributed by atoms with Gasteiger partial charge in [0.05, 0.1) is 6.04 Å². The summed E-state index contributed by atoms with van der Waals surface area (Å²) in [6.07, 6.45) is 8.03. The van der Waals surface area contributed by atoms with Gasteiger partial charge in [-0.05, 0) is 64.6 Å². The van der Waals surface area contributed by atoms with Gasteiger partial charge in [-0.3, -0.25) is 14.4 Å². The number of primary amides is 1. The molecular weight excluding hydrogens is 358 g/mol. The molecule has 3 amide bonds. The van der Waals surface area contributed by atoms with E-state index in [1.54, 1.807) is 0 Å². The van der Waals surface area contributed by atoms with Crippen molar-refractivity contribution in [2.24, 2.45) is 5.73 Å². The minimum Gasteiger partial charge on any atom is -0.370 e. The highest BCUT2D eigenvalue weighted by Crippen LogP contribution is 2.12. The fourth-order valence-corrected chi connectivity index (χ4v) is 3.89. The third-order valence-corrected chi connectivity index (χ3v) is 5.57. The molecule has 2 rings (SSSR count). The molecule has 8 heteroatoms. The van der Waals surface area contributed by atoms with Gasteiger partial charge in [-0.1, -0.05) is 6.42 Å². The molecule has 0 saturated carbocycles. The number of carbonyl (C=O) groups is 3. The lowest BCUT2D eigenvalue weighted by Crippen LogP contribution is -2.46. The third kappa shape index (κ3) is 8.56. The van der Waals surface area contributed by atoms with E-state index in [4.69, 9.17) is 5.73 Å². The number of amides is 3. The van der Waals surface area contributed by atoms with E-state index in [2.05, 4.69) is 16.0 Å². The first-order chi connectivity index (χ1) is 13.6. The number of hydrogen-bond donors (Lipinski definition) is 4. The van der Waals surface area contributed by atoms with Crippen LogP contribution in [0.25, 0.3) is 0 Å². The molecule has 0 aliphatic carbocycles. The highest BCUT2D eigenvalue weighted by atomic mass is 16.2. The molecule has 5 N–H and O–H groups in total. The van der Waals surface area contributed by atoms with Crippen LogP contribution < -0.4 is 21.7 Å². The zero-order valence-electron chi connectivity index (χ0n) is 17.0. The van der Waals surface area contributed by atoms with Gasteiger partial charge >= 0.3 is 0 Å². The number of nitrogens with one attached hydrogen (secondary N) is 3. The second-order valence-electron chi connectivity index (χ2n) is 7.95. The molecule has 28 heavy (non-hydrogen) atoms. The predicted molar refractivity (Wildman–Crippen MR) is 109 cm³/mol. The third-order valence-electron chi connectivity index (χ3n) is 5.57. The van der Waals surface area contributed by atoms with E-state index in [1.165, 1.54) is 0 Å². The minimum absolute atomic E-state index is 0.0834. The van der Waals surface area contributed by atoms with Crippen molar-refractivity contribution in [3.05, 3.63) is 0 Å². The van der Waals surface area contributed by atoms with Crippen LogP contribution in [0.5, 0.6) is 0 Å². The van der Waals surface area contributed by atoms with Crippen LogP contribution in [0.2, 0.25) is 0 Å². The molecule has 0 radical (unpaired) electrons. The molecule has 0 aromatic heterocycles. The first kappa shape index (κ1) is 22.6. The Morgan fingerprint density at radius 1 is 1.04 bits per heavy atom. The number of nitrogens with two attached hydrogens (primary N) is 1. The van der Waals surface area contributed by atoms with Gasteiger partial charge in [0, 0.05) is 32.0 Å². The molecule has 0 spiro atoms. The quantitative estimate of drug-likeness (QED) is 0.354. The Bertz CT molecular complexity index is 502. The fourth-order valence-electron chi connectivity index (χ4n) is 3.89. The van der Waals surface area contributed by atoms with Crippen molar-refractivity contribution in [2.75, 3.05) is 32.7 Å². The lowest BCUT2D eigenvalue weighted by molar-refractivity contribution is -0.132. The number of piperidine rings is 1. The van der Waals surface area contributed by atoms with Crippen molar-refractivity contribution >= 4 is 17.7 Å². The number of rotatable bonds is 12. The molecule has 1 atom stereocenters. The van der Waals surface area contributed by atoms with E-state index in [0.717, 1.165) is 71.1 Å².